The molecule has 0 radical (unpaired) electrons. The summed E-state index contributed by atoms with van der Waals surface area (Å²) < 4.78 is 4.80. The minimum Gasteiger partial charge on any atom is -0.465 e. The third-order valence-electron chi connectivity index (χ3n) is 2.47. The van der Waals surface area contributed by atoms with E-state index in [9.17, 15) is 9.59 Å². The van der Waals surface area contributed by atoms with Gasteiger partial charge < -0.3 is 10.1 Å². The van der Waals surface area contributed by atoms with Gasteiger partial charge in [0, 0.05) is 0 Å². The molecule has 1 saturated heterocycles. The number of hydrogen-bond acceptors (Lipinski definition) is 4. The Morgan fingerprint density at radius 1 is 1.53 bits per heavy atom. The molecule has 1 aliphatic rings. The van der Waals surface area contributed by atoms with Crippen LogP contribution in [0.2, 0.25) is 0 Å². The zero-order valence-corrected chi connectivity index (χ0v) is 9.93. The van der Waals surface area contributed by atoms with Crippen LogP contribution in [0.15, 0.2) is 0 Å². The second kappa shape index (κ2) is 6.80. The third-order valence-corrected chi connectivity index (χ3v) is 2.47. The number of esters is 1. The van der Waals surface area contributed by atoms with Crippen molar-refractivity contribution in [3.05, 3.63) is 0 Å². The predicted octanol–water partition coefficient (Wildman–Crippen LogP) is 0.928. The predicted molar refractivity (Wildman–Crippen MR) is 59.1 cm³/mol. The van der Waals surface area contributed by atoms with Crippen molar-refractivity contribution < 1.29 is 14.3 Å². The molecule has 0 spiro atoms. The SMILES string of the molecule is CCOC(=O)C(C)C(=O)[C@@H]1CCCN1.Cl. The van der Waals surface area contributed by atoms with Gasteiger partial charge in [0.05, 0.1) is 12.6 Å². The Morgan fingerprint density at radius 3 is 2.67 bits per heavy atom. The summed E-state index contributed by atoms with van der Waals surface area (Å²) in [4.78, 5) is 23.0. The smallest absolute Gasteiger partial charge is 0.316 e. The zero-order valence-electron chi connectivity index (χ0n) is 9.12. The Labute approximate surface area is 96.2 Å². The maximum Gasteiger partial charge on any atom is 0.316 e. The minimum absolute atomic E-state index is 0. The van der Waals surface area contributed by atoms with Gasteiger partial charge in [0.1, 0.15) is 5.92 Å². The summed E-state index contributed by atoms with van der Waals surface area (Å²) in [6.45, 7) is 4.55. The molecule has 0 amide bonds. The second-order valence-corrected chi connectivity index (χ2v) is 3.53. The molecular weight excluding hydrogens is 218 g/mol. The molecule has 1 unspecified atom stereocenters. The van der Waals surface area contributed by atoms with E-state index in [4.69, 9.17) is 4.74 Å². The quantitative estimate of drug-likeness (QED) is 0.582. The van der Waals surface area contributed by atoms with Crippen molar-refractivity contribution in [1.82, 2.24) is 5.32 Å². The largest absolute Gasteiger partial charge is 0.465 e. The molecule has 0 aromatic rings. The highest BCUT2D eigenvalue weighted by Crippen LogP contribution is 2.12. The number of hydrogen-bond donors (Lipinski definition) is 1. The molecule has 1 fully saturated rings. The van der Waals surface area contributed by atoms with Crippen LogP contribution in [-0.4, -0.2) is 30.9 Å². The first kappa shape index (κ1) is 14.4. The Bertz CT molecular complexity index is 227. The monoisotopic (exact) mass is 235 g/mol. The summed E-state index contributed by atoms with van der Waals surface area (Å²) in [5.41, 5.74) is 0. The number of halogens is 1. The van der Waals surface area contributed by atoms with Crippen LogP contribution in [0.1, 0.15) is 26.7 Å². The van der Waals surface area contributed by atoms with E-state index in [2.05, 4.69) is 5.32 Å². The molecule has 4 nitrogen and oxygen atoms in total. The van der Waals surface area contributed by atoms with E-state index < -0.39 is 11.9 Å². The minimum atomic E-state index is -0.634. The van der Waals surface area contributed by atoms with Gasteiger partial charge in [0.2, 0.25) is 0 Å². The summed E-state index contributed by atoms with van der Waals surface area (Å²) in [6.07, 6.45) is 1.84. The van der Waals surface area contributed by atoms with Crippen LogP contribution in [0.3, 0.4) is 0 Å². The van der Waals surface area contributed by atoms with Crippen LogP contribution >= 0.6 is 12.4 Å². The number of carbonyl (C=O) groups is 2. The molecule has 1 heterocycles. The normalized spacial score (nSPS) is 21.6. The summed E-state index contributed by atoms with van der Waals surface area (Å²) in [6, 6.07) is -0.144. The first-order valence-corrected chi connectivity index (χ1v) is 5.10. The van der Waals surface area contributed by atoms with Gasteiger partial charge in [-0.1, -0.05) is 0 Å². The number of rotatable bonds is 4. The molecule has 2 atom stereocenters. The van der Waals surface area contributed by atoms with Crippen LogP contribution in [0.5, 0.6) is 0 Å². The Hall–Kier alpha value is -0.610. The van der Waals surface area contributed by atoms with Gasteiger partial charge in [0.15, 0.2) is 5.78 Å². The van der Waals surface area contributed by atoms with Crippen LogP contribution in [0.25, 0.3) is 0 Å². The Kier molecular flexibility index (Phi) is 6.52. The fourth-order valence-electron chi connectivity index (χ4n) is 1.61. The van der Waals surface area contributed by atoms with Crippen molar-refractivity contribution in [2.45, 2.75) is 32.7 Å². The van der Waals surface area contributed by atoms with Gasteiger partial charge in [-0.25, -0.2) is 0 Å². The van der Waals surface area contributed by atoms with Gasteiger partial charge in [-0.3, -0.25) is 9.59 Å². The molecule has 1 rings (SSSR count). The first-order valence-electron chi connectivity index (χ1n) is 5.10. The first-order chi connectivity index (χ1) is 6.66. The molecule has 1 aliphatic heterocycles. The summed E-state index contributed by atoms with van der Waals surface area (Å²) in [5.74, 6) is -1.09. The third kappa shape index (κ3) is 3.80. The van der Waals surface area contributed by atoms with Gasteiger partial charge >= 0.3 is 5.97 Å². The second-order valence-electron chi connectivity index (χ2n) is 3.53. The van der Waals surface area contributed by atoms with E-state index in [0.29, 0.717) is 6.61 Å². The fraction of sp³-hybridized carbons (Fsp3) is 0.800. The van der Waals surface area contributed by atoms with Crippen molar-refractivity contribution in [3.8, 4) is 0 Å². The fourth-order valence-corrected chi connectivity index (χ4v) is 1.61. The molecule has 0 aliphatic carbocycles. The lowest BCUT2D eigenvalue weighted by atomic mass is 9.99. The highest BCUT2D eigenvalue weighted by molar-refractivity contribution is 6.01. The van der Waals surface area contributed by atoms with Crippen LogP contribution in [-0.2, 0) is 14.3 Å². The van der Waals surface area contributed by atoms with E-state index >= 15 is 0 Å². The van der Waals surface area contributed by atoms with Crippen molar-refractivity contribution in [2.75, 3.05) is 13.2 Å². The van der Waals surface area contributed by atoms with Gasteiger partial charge in [-0.15, -0.1) is 12.4 Å². The Morgan fingerprint density at radius 2 is 2.20 bits per heavy atom. The lowest BCUT2D eigenvalue weighted by Crippen LogP contribution is -2.38. The van der Waals surface area contributed by atoms with Gasteiger partial charge in [-0.2, -0.15) is 0 Å². The zero-order chi connectivity index (χ0) is 10.6. The standard InChI is InChI=1S/C10H17NO3.ClH/c1-3-14-10(13)7(2)9(12)8-5-4-6-11-8;/h7-8,11H,3-6H2,1-2H3;1H/t7?,8-;/m0./s1. The average Bonchev–Trinajstić information content (AvgIpc) is 2.68. The average molecular weight is 236 g/mol. The summed E-state index contributed by atoms with van der Waals surface area (Å²) in [5, 5.41) is 3.08. The van der Waals surface area contributed by atoms with Crippen LogP contribution in [0.4, 0.5) is 0 Å². The number of nitrogens with one attached hydrogen (secondary N) is 1. The number of ether oxygens (including phenoxy) is 1. The maximum atomic E-state index is 11.7. The van der Waals surface area contributed by atoms with Crippen LogP contribution in [0, 0.1) is 5.92 Å². The van der Waals surface area contributed by atoms with Crippen molar-refractivity contribution in [2.24, 2.45) is 5.92 Å². The van der Waals surface area contributed by atoms with Gasteiger partial charge in [-0.05, 0) is 33.2 Å². The maximum absolute atomic E-state index is 11.7. The number of carbonyl (C=O) groups excluding carboxylic acids is 2. The number of Topliss-reactive ketones (excluding diaryl/α,β-unsaturated/α-hetero) is 1. The molecule has 1 N–H and O–H groups in total. The van der Waals surface area contributed by atoms with Crippen LogP contribution < -0.4 is 5.32 Å². The molecule has 5 heteroatoms. The number of ketones is 1. The van der Waals surface area contributed by atoms with Crippen molar-refractivity contribution >= 4 is 24.2 Å². The molecule has 88 valence electrons. The van der Waals surface area contributed by atoms with Crippen molar-refractivity contribution in [1.29, 1.82) is 0 Å². The van der Waals surface area contributed by atoms with Crippen molar-refractivity contribution in [3.63, 3.8) is 0 Å². The molecule has 0 aromatic heterocycles. The van der Waals surface area contributed by atoms with E-state index in [1.165, 1.54) is 0 Å². The molecule has 0 aromatic carbocycles. The van der Waals surface area contributed by atoms with Gasteiger partial charge in [0.25, 0.3) is 0 Å². The highest BCUT2D eigenvalue weighted by atomic mass is 35.5. The molecule has 0 saturated carbocycles. The molecule has 0 bridgehead atoms. The van der Waals surface area contributed by atoms with E-state index in [1.807, 2.05) is 0 Å². The topological polar surface area (TPSA) is 55.4 Å². The van der Waals surface area contributed by atoms with E-state index in [-0.39, 0.29) is 24.2 Å². The van der Waals surface area contributed by atoms with E-state index in [0.717, 1.165) is 19.4 Å². The summed E-state index contributed by atoms with van der Waals surface area (Å²) in [7, 11) is 0. The Balaban J connectivity index is 0.00000196. The summed E-state index contributed by atoms with van der Waals surface area (Å²) >= 11 is 0. The lowest BCUT2D eigenvalue weighted by Gasteiger charge is -2.14. The molecular formula is C10H18ClNO3. The van der Waals surface area contributed by atoms with E-state index in [1.54, 1.807) is 13.8 Å². The molecule has 15 heavy (non-hydrogen) atoms. The lowest BCUT2D eigenvalue weighted by molar-refractivity contribution is -0.151. The highest BCUT2D eigenvalue weighted by Gasteiger charge is 2.31.